The van der Waals surface area contributed by atoms with Crippen molar-refractivity contribution in [3.05, 3.63) is 34.6 Å². The highest BCUT2D eigenvalue weighted by Gasteiger charge is 2.32. The maximum atomic E-state index is 13.5. The molecule has 0 spiro atoms. The van der Waals surface area contributed by atoms with Crippen molar-refractivity contribution in [1.82, 2.24) is 10.6 Å². The molecule has 1 saturated heterocycles. The second-order valence-corrected chi connectivity index (χ2v) is 4.81. The highest BCUT2D eigenvalue weighted by atomic mass is 35.5. The molecule has 100 valence electrons. The zero-order chi connectivity index (χ0) is 13.1. The fourth-order valence-electron chi connectivity index (χ4n) is 2.03. The van der Waals surface area contributed by atoms with Crippen LogP contribution in [0.25, 0.3) is 0 Å². The zero-order valence-electron chi connectivity index (χ0n) is 9.74. The van der Waals surface area contributed by atoms with E-state index < -0.39 is 12.2 Å². The Balaban J connectivity index is 1.86. The van der Waals surface area contributed by atoms with Crippen molar-refractivity contribution in [2.45, 2.75) is 24.8 Å². The summed E-state index contributed by atoms with van der Waals surface area (Å²) in [5, 5.41) is 25.3. The summed E-state index contributed by atoms with van der Waals surface area (Å²) in [5.74, 6) is -0.352. The Kier molecular flexibility index (Phi) is 4.53. The molecule has 18 heavy (non-hydrogen) atoms. The van der Waals surface area contributed by atoms with Gasteiger partial charge in [-0.3, -0.25) is 0 Å². The molecule has 0 aromatic heterocycles. The van der Waals surface area contributed by atoms with E-state index in [1.54, 1.807) is 12.1 Å². The molecule has 4 N–H and O–H groups in total. The van der Waals surface area contributed by atoms with Crippen molar-refractivity contribution in [3.63, 3.8) is 0 Å². The minimum atomic E-state index is -0.798. The molecule has 3 atom stereocenters. The van der Waals surface area contributed by atoms with Gasteiger partial charge in [-0.2, -0.15) is 0 Å². The molecule has 0 bridgehead atoms. The smallest absolute Gasteiger partial charge is 0.129 e. The van der Waals surface area contributed by atoms with E-state index in [1.807, 2.05) is 0 Å². The second-order valence-electron chi connectivity index (χ2n) is 4.40. The van der Waals surface area contributed by atoms with Crippen molar-refractivity contribution in [3.8, 4) is 0 Å². The number of nitrogens with one attached hydrogen (secondary N) is 2. The predicted octanol–water partition coefficient (Wildman–Crippen LogP) is 0.262. The number of hydrogen-bond donors (Lipinski definition) is 4. The number of hydrogen-bond acceptors (Lipinski definition) is 4. The first kappa shape index (κ1) is 13.7. The Bertz CT molecular complexity index is 399. The average Bonchev–Trinajstić information content (AvgIpc) is 2.65. The van der Waals surface area contributed by atoms with Gasteiger partial charge in [0.1, 0.15) is 5.82 Å². The lowest BCUT2D eigenvalue weighted by Gasteiger charge is -2.17. The molecule has 0 saturated carbocycles. The number of rotatable bonds is 4. The van der Waals surface area contributed by atoms with Gasteiger partial charge < -0.3 is 20.8 Å². The van der Waals surface area contributed by atoms with E-state index in [9.17, 15) is 14.6 Å². The molecule has 0 amide bonds. The number of aliphatic hydroxyl groups is 2. The molecule has 1 fully saturated rings. The summed E-state index contributed by atoms with van der Waals surface area (Å²) in [6.45, 7) is 1.09. The van der Waals surface area contributed by atoms with Crippen LogP contribution in [0.3, 0.4) is 0 Å². The third-order valence-corrected chi connectivity index (χ3v) is 3.48. The van der Waals surface area contributed by atoms with Gasteiger partial charge in [0.05, 0.1) is 12.2 Å². The summed E-state index contributed by atoms with van der Waals surface area (Å²) in [6, 6.07) is 4.31. The lowest BCUT2D eigenvalue weighted by atomic mass is 10.1. The number of β-amino-alcohol motifs (C(OH)–C–C–N with tert-alkyl or cyclic N) is 1. The predicted molar refractivity (Wildman–Crippen MR) is 66.9 cm³/mol. The first-order chi connectivity index (χ1) is 8.59. The molecule has 0 aliphatic carbocycles. The molecule has 0 unspecified atom stereocenters. The van der Waals surface area contributed by atoms with Gasteiger partial charge in [0.2, 0.25) is 0 Å². The normalized spacial score (nSPS) is 27.7. The fraction of sp³-hybridized carbons (Fsp3) is 0.500. The number of benzene rings is 1. The Morgan fingerprint density at radius 2 is 2.22 bits per heavy atom. The summed E-state index contributed by atoms with van der Waals surface area (Å²) < 4.78 is 13.5. The minimum absolute atomic E-state index is 0.231. The van der Waals surface area contributed by atoms with Crippen LogP contribution in [0, 0.1) is 5.82 Å². The van der Waals surface area contributed by atoms with Crippen LogP contribution in [0.5, 0.6) is 0 Å². The van der Waals surface area contributed by atoms with Gasteiger partial charge in [0, 0.05) is 36.3 Å². The molecule has 1 aliphatic heterocycles. The monoisotopic (exact) mass is 274 g/mol. The van der Waals surface area contributed by atoms with E-state index >= 15 is 0 Å². The molecule has 1 aromatic rings. The van der Waals surface area contributed by atoms with Crippen LogP contribution < -0.4 is 10.6 Å². The number of aliphatic hydroxyl groups excluding tert-OH is 2. The largest absolute Gasteiger partial charge is 0.389 e. The molecular weight excluding hydrogens is 259 g/mol. The van der Waals surface area contributed by atoms with E-state index in [0.29, 0.717) is 23.7 Å². The van der Waals surface area contributed by atoms with Crippen molar-refractivity contribution < 1.29 is 14.6 Å². The topological polar surface area (TPSA) is 64.5 Å². The van der Waals surface area contributed by atoms with Crippen molar-refractivity contribution in [2.75, 3.05) is 13.1 Å². The quantitative estimate of drug-likeness (QED) is 0.636. The summed E-state index contributed by atoms with van der Waals surface area (Å²) in [7, 11) is 0. The first-order valence-corrected chi connectivity index (χ1v) is 6.20. The molecule has 4 nitrogen and oxygen atoms in total. The van der Waals surface area contributed by atoms with E-state index in [-0.39, 0.29) is 18.4 Å². The van der Waals surface area contributed by atoms with Crippen LogP contribution in [0.1, 0.15) is 5.56 Å². The van der Waals surface area contributed by atoms with Crippen LogP contribution in [-0.2, 0) is 6.54 Å². The Morgan fingerprint density at radius 3 is 2.83 bits per heavy atom. The highest BCUT2D eigenvalue weighted by Crippen LogP contribution is 2.18. The Labute approximate surface area is 110 Å². The lowest BCUT2D eigenvalue weighted by Crippen LogP contribution is -2.41. The third-order valence-electron chi connectivity index (χ3n) is 3.12. The Hall–Kier alpha value is -0.720. The molecule has 1 aromatic carbocycles. The summed E-state index contributed by atoms with van der Waals surface area (Å²) in [4.78, 5) is 0. The maximum absolute atomic E-state index is 13.5. The summed E-state index contributed by atoms with van der Waals surface area (Å²) >= 11 is 5.89. The summed E-state index contributed by atoms with van der Waals surface area (Å²) in [5.41, 5.74) is 0.409. The summed E-state index contributed by atoms with van der Waals surface area (Å²) in [6.07, 6.45) is -1.54. The third kappa shape index (κ3) is 2.99. The van der Waals surface area contributed by atoms with Crippen LogP contribution in [0.2, 0.25) is 5.02 Å². The van der Waals surface area contributed by atoms with Crippen LogP contribution in [0.15, 0.2) is 18.2 Å². The highest BCUT2D eigenvalue weighted by molar-refractivity contribution is 6.31. The fourth-order valence-corrected chi connectivity index (χ4v) is 2.26. The van der Waals surface area contributed by atoms with Gasteiger partial charge in [-0.15, -0.1) is 0 Å². The van der Waals surface area contributed by atoms with Gasteiger partial charge in [0.15, 0.2) is 0 Å². The molecular formula is C12H16ClFN2O2. The van der Waals surface area contributed by atoms with Crippen LogP contribution >= 0.6 is 11.6 Å². The molecule has 6 heteroatoms. The number of halogens is 2. The van der Waals surface area contributed by atoms with Crippen LogP contribution in [-0.4, -0.2) is 41.6 Å². The van der Waals surface area contributed by atoms with Gasteiger partial charge >= 0.3 is 0 Å². The van der Waals surface area contributed by atoms with Gasteiger partial charge in [-0.1, -0.05) is 17.7 Å². The first-order valence-electron chi connectivity index (χ1n) is 5.82. The zero-order valence-corrected chi connectivity index (χ0v) is 10.5. The molecule has 1 heterocycles. The maximum Gasteiger partial charge on any atom is 0.129 e. The van der Waals surface area contributed by atoms with Crippen LogP contribution in [0.4, 0.5) is 4.39 Å². The standard InChI is InChI=1S/C12H16ClFN2O2/c13-8-2-1-3-9(14)7(8)4-15-5-10-12(18)11(17)6-16-10/h1-3,10-12,15-18H,4-6H2/t10-,11+,12-/m1/s1. The SMILES string of the molecule is O[C@H]1[C@@H](O)CN[C@@H]1CNCc1c(F)cccc1Cl. The van der Waals surface area contributed by atoms with Gasteiger partial charge in [-0.05, 0) is 12.1 Å². The van der Waals surface area contributed by atoms with E-state index in [1.165, 1.54) is 6.07 Å². The second kappa shape index (κ2) is 5.95. The molecule has 0 radical (unpaired) electrons. The van der Waals surface area contributed by atoms with Crippen molar-refractivity contribution in [1.29, 1.82) is 0 Å². The van der Waals surface area contributed by atoms with Crippen molar-refractivity contribution >= 4 is 11.6 Å². The Morgan fingerprint density at radius 1 is 1.44 bits per heavy atom. The molecule has 2 rings (SSSR count). The minimum Gasteiger partial charge on any atom is -0.389 e. The lowest BCUT2D eigenvalue weighted by molar-refractivity contribution is 0.0407. The van der Waals surface area contributed by atoms with E-state index in [4.69, 9.17) is 11.6 Å². The van der Waals surface area contributed by atoms with E-state index in [2.05, 4.69) is 10.6 Å². The molecule has 1 aliphatic rings. The average molecular weight is 275 g/mol. The van der Waals surface area contributed by atoms with E-state index in [0.717, 1.165) is 0 Å². The van der Waals surface area contributed by atoms with Gasteiger partial charge in [0.25, 0.3) is 0 Å². The van der Waals surface area contributed by atoms with Crippen molar-refractivity contribution in [2.24, 2.45) is 0 Å². The van der Waals surface area contributed by atoms with Gasteiger partial charge in [-0.25, -0.2) is 4.39 Å².